The molecule has 3 rings (SSSR count). The number of carbonyl (C=O) groups is 2. The van der Waals surface area contributed by atoms with Crippen LogP contribution in [0.5, 0.6) is 5.75 Å². The van der Waals surface area contributed by atoms with E-state index in [-0.39, 0.29) is 16.7 Å². The minimum absolute atomic E-state index is 0.0232. The summed E-state index contributed by atoms with van der Waals surface area (Å²) >= 11 is 0. The van der Waals surface area contributed by atoms with Crippen LogP contribution in [-0.2, 0) is 15.0 Å². The summed E-state index contributed by atoms with van der Waals surface area (Å²) in [4.78, 5) is 29.8. The molecule has 0 radical (unpaired) electrons. The fraction of sp³-hybridized carbons (Fsp3) is 0.448. The zero-order valence-electron chi connectivity index (χ0n) is 22.0. The maximum atomic E-state index is 13.2. The highest BCUT2D eigenvalue weighted by atomic mass is 16.5. The van der Waals surface area contributed by atoms with E-state index < -0.39 is 17.7 Å². The first-order valence-electron chi connectivity index (χ1n) is 12.2. The zero-order chi connectivity index (χ0) is 25.9. The number of likely N-dealkylation sites (tertiary alicyclic amines) is 1. The highest BCUT2D eigenvalue weighted by Crippen LogP contribution is 2.40. The summed E-state index contributed by atoms with van der Waals surface area (Å²) in [7, 11) is 3.85. The van der Waals surface area contributed by atoms with Crippen LogP contribution in [-0.4, -0.2) is 60.4 Å². The monoisotopic (exact) mass is 478 g/mol. The number of nitrogens with zero attached hydrogens (tertiary/aromatic N) is 2. The van der Waals surface area contributed by atoms with Gasteiger partial charge in [0, 0.05) is 18.7 Å². The number of carbonyl (C=O) groups excluding carboxylic acids is 2. The summed E-state index contributed by atoms with van der Waals surface area (Å²) in [5, 5.41) is 11.3. The van der Waals surface area contributed by atoms with Crippen molar-refractivity contribution in [1.29, 1.82) is 0 Å². The molecule has 188 valence electrons. The van der Waals surface area contributed by atoms with Crippen molar-refractivity contribution in [2.24, 2.45) is 5.92 Å². The number of aliphatic hydroxyl groups is 1. The Balaban J connectivity index is 2.04. The highest BCUT2D eigenvalue weighted by Gasteiger charge is 2.45. The number of amides is 1. The number of hydrogen-bond acceptors (Lipinski definition) is 5. The van der Waals surface area contributed by atoms with Gasteiger partial charge >= 0.3 is 0 Å². The van der Waals surface area contributed by atoms with Crippen molar-refractivity contribution in [2.75, 3.05) is 33.8 Å². The van der Waals surface area contributed by atoms with E-state index in [1.54, 1.807) is 29.2 Å². The Hall–Kier alpha value is -3.12. The van der Waals surface area contributed by atoms with Crippen molar-refractivity contribution in [3.8, 4) is 5.75 Å². The standard InChI is InChI=1S/C29H38N2O4/c1-19(2)18-35-23-14-10-21(11-15-23)26(32)24-25(20-8-12-22(13-9-20)29(3,4)5)31(17-16-30(6)7)28(34)27(24)33/h8-15,19,25,32H,16-18H2,1-7H3/b26-24-. The van der Waals surface area contributed by atoms with Crippen LogP contribution in [0.1, 0.15) is 57.4 Å². The number of ether oxygens (including phenoxy) is 1. The summed E-state index contributed by atoms with van der Waals surface area (Å²) in [6.45, 7) is 12.1. The fourth-order valence-electron chi connectivity index (χ4n) is 4.06. The molecule has 6 nitrogen and oxygen atoms in total. The van der Waals surface area contributed by atoms with Crippen LogP contribution in [0.2, 0.25) is 0 Å². The average molecular weight is 479 g/mol. The van der Waals surface area contributed by atoms with Crippen LogP contribution in [0.15, 0.2) is 54.1 Å². The molecule has 0 aliphatic carbocycles. The molecule has 2 aromatic carbocycles. The third-order valence-electron chi connectivity index (χ3n) is 6.13. The van der Waals surface area contributed by atoms with E-state index in [0.717, 1.165) is 11.1 Å². The molecule has 1 fully saturated rings. The lowest BCUT2D eigenvalue weighted by Gasteiger charge is -2.27. The molecule has 6 heteroatoms. The van der Waals surface area contributed by atoms with Crippen LogP contribution in [0.25, 0.3) is 5.76 Å². The van der Waals surface area contributed by atoms with Crippen LogP contribution in [0, 0.1) is 5.92 Å². The van der Waals surface area contributed by atoms with Crippen molar-refractivity contribution in [3.05, 3.63) is 70.8 Å². The molecule has 0 saturated carbocycles. The van der Waals surface area contributed by atoms with Gasteiger partial charge in [-0.25, -0.2) is 0 Å². The van der Waals surface area contributed by atoms with Crippen LogP contribution in [0.3, 0.4) is 0 Å². The van der Waals surface area contributed by atoms with Crippen molar-refractivity contribution in [1.82, 2.24) is 9.80 Å². The molecule has 1 amide bonds. The first kappa shape index (κ1) is 26.5. The third-order valence-corrected chi connectivity index (χ3v) is 6.13. The van der Waals surface area contributed by atoms with E-state index in [1.165, 1.54) is 0 Å². The fourth-order valence-corrected chi connectivity index (χ4v) is 4.06. The van der Waals surface area contributed by atoms with E-state index in [4.69, 9.17) is 4.74 Å². The molecular formula is C29H38N2O4. The number of benzene rings is 2. The van der Waals surface area contributed by atoms with Gasteiger partial charge in [0.25, 0.3) is 11.7 Å². The number of hydrogen-bond donors (Lipinski definition) is 1. The Morgan fingerprint density at radius 2 is 1.63 bits per heavy atom. The molecule has 35 heavy (non-hydrogen) atoms. The summed E-state index contributed by atoms with van der Waals surface area (Å²) in [6, 6.07) is 14.3. The molecule has 0 aromatic heterocycles. The molecule has 2 aromatic rings. The Morgan fingerprint density at radius 3 is 2.14 bits per heavy atom. The molecule has 1 unspecified atom stereocenters. The molecule has 1 aliphatic heterocycles. The normalized spacial score (nSPS) is 18.1. The van der Waals surface area contributed by atoms with E-state index in [2.05, 4.69) is 34.6 Å². The van der Waals surface area contributed by atoms with Crippen LogP contribution < -0.4 is 4.74 Å². The number of aliphatic hydroxyl groups excluding tert-OH is 1. The summed E-state index contributed by atoms with van der Waals surface area (Å²) in [6.07, 6.45) is 0. The molecule has 0 bridgehead atoms. The van der Waals surface area contributed by atoms with Gasteiger partial charge in [-0.05, 0) is 60.8 Å². The molecule has 1 heterocycles. The lowest BCUT2D eigenvalue weighted by Crippen LogP contribution is -2.35. The number of likely N-dealkylation sites (N-methyl/N-ethyl adjacent to an activating group) is 1. The third kappa shape index (κ3) is 6.12. The predicted molar refractivity (Wildman–Crippen MR) is 139 cm³/mol. The van der Waals surface area contributed by atoms with Crippen molar-refractivity contribution < 1.29 is 19.4 Å². The quantitative estimate of drug-likeness (QED) is 0.328. The van der Waals surface area contributed by atoms with E-state index in [9.17, 15) is 14.7 Å². The van der Waals surface area contributed by atoms with E-state index in [0.29, 0.717) is 36.9 Å². The van der Waals surface area contributed by atoms with Crippen LogP contribution in [0.4, 0.5) is 0 Å². The van der Waals surface area contributed by atoms with E-state index in [1.807, 2.05) is 43.3 Å². The molecular weight excluding hydrogens is 440 g/mol. The van der Waals surface area contributed by atoms with Gasteiger partial charge in [-0.15, -0.1) is 0 Å². The van der Waals surface area contributed by atoms with E-state index >= 15 is 0 Å². The van der Waals surface area contributed by atoms with Gasteiger partial charge in [-0.2, -0.15) is 0 Å². The average Bonchev–Trinajstić information content (AvgIpc) is 3.05. The minimum Gasteiger partial charge on any atom is -0.507 e. The van der Waals surface area contributed by atoms with Crippen molar-refractivity contribution >= 4 is 17.4 Å². The predicted octanol–water partition coefficient (Wildman–Crippen LogP) is 5.00. The highest BCUT2D eigenvalue weighted by molar-refractivity contribution is 6.46. The van der Waals surface area contributed by atoms with Gasteiger partial charge in [0.15, 0.2) is 0 Å². The summed E-state index contributed by atoms with van der Waals surface area (Å²) in [5.41, 5.74) is 2.53. The van der Waals surface area contributed by atoms with Gasteiger partial charge in [-0.1, -0.05) is 58.9 Å². The smallest absolute Gasteiger partial charge is 0.295 e. The number of ketones is 1. The largest absolute Gasteiger partial charge is 0.507 e. The van der Waals surface area contributed by atoms with Gasteiger partial charge in [-0.3, -0.25) is 9.59 Å². The van der Waals surface area contributed by atoms with Gasteiger partial charge < -0.3 is 19.6 Å². The summed E-state index contributed by atoms with van der Waals surface area (Å²) in [5.74, 6) is -0.334. The zero-order valence-corrected chi connectivity index (χ0v) is 22.0. The topological polar surface area (TPSA) is 70.1 Å². The SMILES string of the molecule is CC(C)COc1ccc(/C(O)=C2/C(=O)C(=O)N(CCN(C)C)C2c2ccc(C(C)(C)C)cc2)cc1. The Bertz CT molecular complexity index is 1080. The van der Waals surface area contributed by atoms with Crippen molar-refractivity contribution in [2.45, 2.75) is 46.1 Å². The van der Waals surface area contributed by atoms with Crippen LogP contribution >= 0.6 is 0 Å². The molecule has 1 aliphatic rings. The number of Topliss-reactive ketones (excluding diaryl/α,β-unsaturated/α-hetero) is 1. The van der Waals surface area contributed by atoms with Gasteiger partial charge in [0.05, 0.1) is 18.2 Å². The first-order chi connectivity index (χ1) is 16.4. The molecule has 1 saturated heterocycles. The van der Waals surface area contributed by atoms with Crippen molar-refractivity contribution in [3.63, 3.8) is 0 Å². The molecule has 1 N–H and O–H groups in total. The van der Waals surface area contributed by atoms with Gasteiger partial charge in [0.1, 0.15) is 11.5 Å². The second-order valence-corrected chi connectivity index (χ2v) is 10.9. The lowest BCUT2D eigenvalue weighted by atomic mass is 9.85. The first-order valence-corrected chi connectivity index (χ1v) is 12.2. The Labute approximate surface area is 209 Å². The summed E-state index contributed by atoms with van der Waals surface area (Å²) < 4.78 is 5.73. The molecule has 1 atom stereocenters. The Morgan fingerprint density at radius 1 is 1.03 bits per heavy atom. The second-order valence-electron chi connectivity index (χ2n) is 10.9. The minimum atomic E-state index is -0.661. The van der Waals surface area contributed by atoms with Gasteiger partial charge in [0.2, 0.25) is 0 Å². The number of rotatable bonds is 8. The lowest BCUT2D eigenvalue weighted by molar-refractivity contribution is -0.140. The second kappa shape index (κ2) is 10.6. The maximum Gasteiger partial charge on any atom is 0.295 e. The molecule has 0 spiro atoms. The Kier molecular flexibility index (Phi) is 8.06. The maximum absolute atomic E-state index is 13.2.